The minimum atomic E-state index is -0.160. The second-order valence-corrected chi connectivity index (χ2v) is 7.61. The van der Waals surface area contributed by atoms with Crippen LogP contribution in [0.4, 0.5) is 5.69 Å². The Morgan fingerprint density at radius 1 is 1.00 bits per heavy atom. The standard InChI is InChI=1S/C20H33N3O2/c1-14(2)11-21-20(25)17-9-7-8-10-18(17)22-19(24)13-23(16(5)6)12-15(3)4/h7-10,14-16H,11-13H2,1-6H3,(H,21,25)(H,22,24). The third kappa shape index (κ3) is 7.69. The van der Waals surface area contributed by atoms with Crippen LogP contribution in [0.15, 0.2) is 24.3 Å². The zero-order valence-electron chi connectivity index (χ0n) is 16.4. The topological polar surface area (TPSA) is 61.4 Å². The number of para-hydroxylation sites is 1. The highest BCUT2D eigenvalue weighted by Crippen LogP contribution is 2.15. The van der Waals surface area contributed by atoms with Crippen LogP contribution in [0.5, 0.6) is 0 Å². The van der Waals surface area contributed by atoms with E-state index in [0.29, 0.717) is 36.2 Å². The summed E-state index contributed by atoms with van der Waals surface area (Å²) in [7, 11) is 0. The Bertz CT molecular complexity index is 568. The fraction of sp³-hybridized carbons (Fsp3) is 0.600. The molecular formula is C20H33N3O2. The summed E-state index contributed by atoms with van der Waals surface area (Å²) in [5, 5.41) is 5.79. The lowest BCUT2D eigenvalue weighted by atomic mass is 10.1. The van der Waals surface area contributed by atoms with Crippen molar-refractivity contribution >= 4 is 17.5 Å². The maximum atomic E-state index is 12.5. The summed E-state index contributed by atoms with van der Waals surface area (Å²) < 4.78 is 0. The van der Waals surface area contributed by atoms with E-state index in [9.17, 15) is 9.59 Å². The molecule has 0 radical (unpaired) electrons. The molecule has 1 rings (SSSR count). The van der Waals surface area contributed by atoms with E-state index in [1.807, 2.05) is 19.9 Å². The second-order valence-electron chi connectivity index (χ2n) is 7.61. The summed E-state index contributed by atoms with van der Waals surface area (Å²) in [6, 6.07) is 7.42. The van der Waals surface area contributed by atoms with Gasteiger partial charge in [-0.15, -0.1) is 0 Å². The van der Waals surface area contributed by atoms with Gasteiger partial charge in [-0.1, -0.05) is 39.8 Å². The maximum absolute atomic E-state index is 12.5. The number of nitrogens with one attached hydrogen (secondary N) is 2. The number of hydrogen-bond donors (Lipinski definition) is 2. The van der Waals surface area contributed by atoms with Crippen LogP contribution in [-0.4, -0.2) is 42.4 Å². The molecule has 5 heteroatoms. The predicted octanol–water partition coefficient (Wildman–Crippen LogP) is 3.38. The summed E-state index contributed by atoms with van der Waals surface area (Å²) >= 11 is 0. The monoisotopic (exact) mass is 347 g/mol. The van der Waals surface area contributed by atoms with E-state index in [1.165, 1.54) is 0 Å². The van der Waals surface area contributed by atoms with Crippen LogP contribution in [0.3, 0.4) is 0 Å². The van der Waals surface area contributed by atoms with Gasteiger partial charge in [0.15, 0.2) is 0 Å². The normalized spacial score (nSPS) is 11.4. The third-order valence-corrected chi connectivity index (χ3v) is 3.79. The van der Waals surface area contributed by atoms with E-state index < -0.39 is 0 Å². The van der Waals surface area contributed by atoms with Crippen molar-refractivity contribution in [2.45, 2.75) is 47.6 Å². The van der Waals surface area contributed by atoms with Gasteiger partial charge >= 0.3 is 0 Å². The molecule has 5 nitrogen and oxygen atoms in total. The molecule has 0 aliphatic rings. The summed E-state index contributed by atoms with van der Waals surface area (Å²) in [6.07, 6.45) is 0. The van der Waals surface area contributed by atoms with Gasteiger partial charge in [-0.3, -0.25) is 14.5 Å². The van der Waals surface area contributed by atoms with Crippen LogP contribution in [0.2, 0.25) is 0 Å². The Labute approximate surface area is 152 Å². The molecule has 0 unspecified atom stereocenters. The lowest BCUT2D eigenvalue weighted by molar-refractivity contribution is -0.117. The molecule has 0 aromatic heterocycles. The number of anilines is 1. The molecule has 0 saturated carbocycles. The average Bonchev–Trinajstić information content (AvgIpc) is 2.51. The molecule has 140 valence electrons. The minimum absolute atomic E-state index is 0.0986. The van der Waals surface area contributed by atoms with E-state index in [0.717, 1.165) is 6.54 Å². The average molecular weight is 348 g/mol. The van der Waals surface area contributed by atoms with Gasteiger partial charge in [0, 0.05) is 19.1 Å². The number of rotatable bonds is 9. The van der Waals surface area contributed by atoms with Crippen molar-refractivity contribution in [3.05, 3.63) is 29.8 Å². The fourth-order valence-electron chi connectivity index (χ4n) is 2.48. The van der Waals surface area contributed by atoms with Crippen LogP contribution < -0.4 is 10.6 Å². The lowest BCUT2D eigenvalue weighted by Crippen LogP contribution is -2.40. The zero-order chi connectivity index (χ0) is 19.0. The summed E-state index contributed by atoms with van der Waals surface area (Å²) in [4.78, 5) is 27.0. The number of amides is 2. The lowest BCUT2D eigenvalue weighted by Gasteiger charge is -2.27. The van der Waals surface area contributed by atoms with Gasteiger partial charge in [0.25, 0.3) is 5.91 Å². The molecular weight excluding hydrogens is 314 g/mol. The van der Waals surface area contributed by atoms with Crippen molar-refractivity contribution in [1.29, 1.82) is 0 Å². The Morgan fingerprint density at radius 3 is 2.20 bits per heavy atom. The second kappa shape index (κ2) is 10.2. The molecule has 0 aliphatic heterocycles. The van der Waals surface area contributed by atoms with Crippen molar-refractivity contribution in [3.8, 4) is 0 Å². The predicted molar refractivity (Wildman–Crippen MR) is 104 cm³/mol. The zero-order valence-corrected chi connectivity index (χ0v) is 16.4. The number of carbonyl (C=O) groups excluding carboxylic acids is 2. The Hall–Kier alpha value is -1.88. The van der Waals surface area contributed by atoms with Crippen molar-refractivity contribution in [2.24, 2.45) is 11.8 Å². The molecule has 0 heterocycles. The van der Waals surface area contributed by atoms with Gasteiger partial charge in [0.2, 0.25) is 5.91 Å². The molecule has 0 atom stereocenters. The van der Waals surface area contributed by atoms with Crippen molar-refractivity contribution < 1.29 is 9.59 Å². The minimum Gasteiger partial charge on any atom is -0.352 e. The SMILES string of the molecule is CC(C)CNC(=O)c1ccccc1NC(=O)CN(CC(C)C)C(C)C. The van der Waals surface area contributed by atoms with E-state index in [4.69, 9.17) is 0 Å². The largest absolute Gasteiger partial charge is 0.352 e. The van der Waals surface area contributed by atoms with Crippen LogP contribution >= 0.6 is 0 Å². The van der Waals surface area contributed by atoms with Gasteiger partial charge in [-0.2, -0.15) is 0 Å². The molecule has 0 aliphatic carbocycles. The smallest absolute Gasteiger partial charge is 0.253 e. The fourth-order valence-corrected chi connectivity index (χ4v) is 2.48. The molecule has 0 fully saturated rings. The van der Waals surface area contributed by atoms with Gasteiger partial charge in [0.1, 0.15) is 0 Å². The molecule has 1 aromatic rings. The highest BCUT2D eigenvalue weighted by atomic mass is 16.2. The van der Waals surface area contributed by atoms with Crippen LogP contribution in [0.25, 0.3) is 0 Å². The summed E-state index contributed by atoms with van der Waals surface area (Å²) in [6.45, 7) is 14.3. The van der Waals surface area contributed by atoms with Gasteiger partial charge in [-0.25, -0.2) is 0 Å². The number of nitrogens with zero attached hydrogens (tertiary/aromatic N) is 1. The number of carbonyl (C=O) groups is 2. The van der Waals surface area contributed by atoms with Crippen molar-refractivity contribution in [3.63, 3.8) is 0 Å². The maximum Gasteiger partial charge on any atom is 0.253 e. The summed E-state index contributed by atoms with van der Waals surface area (Å²) in [5.41, 5.74) is 1.05. The number of benzene rings is 1. The van der Waals surface area contributed by atoms with E-state index in [-0.39, 0.29) is 17.9 Å². The van der Waals surface area contributed by atoms with E-state index in [2.05, 4.69) is 43.2 Å². The molecule has 1 aromatic carbocycles. The molecule has 2 N–H and O–H groups in total. The molecule has 0 saturated heterocycles. The molecule has 2 amide bonds. The van der Waals surface area contributed by atoms with Gasteiger partial charge < -0.3 is 10.6 Å². The highest BCUT2D eigenvalue weighted by Gasteiger charge is 2.17. The summed E-state index contributed by atoms with van der Waals surface area (Å²) in [5.74, 6) is 0.608. The molecule has 25 heavy (non-hydrogen) atoms. The van der Waals surface area contributed by atoms with Crippen LogP contribution in [-0.2, 0) is 4.79 Å². The van der Waals surface area contributed by atoms with Crippen molar-refractivity contribution in [1.82, 2.24) is 10.2 Å². The first kappa shape index (κ1) is 21.2. The number of hydrogen-bond acceptors (Lipinski definition) is 3. The molecule has 0 spiro atoms. The quantitative estimate of drug-likeness (QED) is 0.720. The van der Waals surface area contributed by atoms with E-state index >= 15 is 0 Å². The highest BCUT2D eigenvalue weighted by molar-refractivity contribution is 6.04. The van der Waals surface area contributed by atoms with Crippen LogP contribution in [0.1, 0.15) is 51.9 Å². The van der Waals surface area contributed by atoms with Crippen LogP contribution in [0, 0.1) is 11.8 Å². The Balaban J connectivity index is 2.78. The van der Waals surface area contributed by atoms with Gasteiger partial charge in [0.05, 0.1) is 17.8 Å². The third-order valence-electron chi connectivity index (χ3n) is 3.79. The molecule has 0 bridgehead atoms. The van der Waals surface area contributed by atoms with E-state index in [1.54, 1.807) is 18.2 Å². The van der Waals surface area contributed by atoms with Gasteiger partial charge in [-0.05, 0) is 37.8 Å². The van der Waals surface area contributed by atoms with Crippen molar-refractivity contribution in [2.75, 3.05) is 25.0 Å². The first-order chi connectivity index (χ1) is 11.7. The Kier molecular flexibility index (Phi) is 8.62. The first-order valence-electron chi connectivity index (χ1n) is 9.11. The first-order valence-corrected chi connectivity index (χ1v) is 9.11. The Morgan fingerprint density at radius 2 is 1.64 bits per heavy atom.